The van der Waals surface area contributed by atoms with Gasteiger partial charge in [-0.15, -0.1) is 0 Å². The van der Waals surface area contributed by atoms with E-state index in [1.807, 2.05) is 34.1 Å². The van der Waals surface area contributed by atoms with Crippen LogP contribution in [0.15, 0.2) is 24.3 Å². The summed E-state index contributed by atoms with van der Waals surface area (Å²) in [5, 5.41) is 11.2. The van der Waals surface area contributed by atoms with E-state index in [1.165, 1.54) is 0 Å². The molecule has 9 heteroatoms. The van der Waals surface area contributed by atoms with E-state index in [4.69, 9.17) is 5.11 Å². The van der Waals surface area contributed by atoms with Gasteiger partial charge in [-0.3, -0.25) is 0 Å². The van der Waals surface area contributed by atoms with E-state index in [9.17, 15) is 23.6 Å². The molecule has 2 atom stereocenters. The number of carbonyl (C=O) groups excluding carboxylic acids is 3. The van der Waals surface area contributed by atoms with Gasteiger partial charge in [0.25, 0.3) is 0 Å². The maximum atomic E-state index is 12.8. The van der Waals surface area contributed by atoms with Gasteiger partial charge in [0, 0.05) is 0 Å². The zero-order valence-electron chi connectivity index (χ0n) is 15.8. The van der Waals surface area contributed by atoms with Crippen molar-refractivity contribution < 1.29 is 28.7 Å². The quantitative estimate of drug-likeness (QED) is 0.391. The minimum absolute atomic E-state index is 0.0123. The zero-order valence-corrected chi connectivity index (χ0v) is 17.9. The van der Waals surface area contributed by atoms with Crippen LogP contribution in [0.5, 0.6) is 0 Å². The van der Waals surface area contributed by atoms with Crippen molar-refractivity contribution in [3.63, 3.8) is 0 Å². The third-order valence-corrected chi connectivity index (χ3v) is 8.58. The summed E-state index contributed by atoms with van der Waals surface area (Å²) in [5.41, 5.74) is 1.92. The molecule has 0 bridgehead atoms. The molecule has 0 fully saturated rings. The molecule has 0 aromatic heterocycles. The standard InChI is InChI=1S/C19H24FIN2O5/c1-21(2)13(19(28)22-14(10-18(26)27)16(24)11-20)9-17(25)23-8-7-12-5-3-4-6-15(12)23/h3-6,13-14H,7-11H2,1-2H3,(H,22,28)(H,26,27)/t13-,14?/m1/s1. The fourth-order valence-electron chi connectivity index (χ4n) is 3.08. The summed E-state index contributed by atoms with van der Waals surface area (Å²) in [6.45, 7) is -0.802. The number of alkyl halides is 4. The van der Waals surface area contributed by atoms with Crippen LogP contribution in [0.4, 0.5) is 10.1 Å². The molecule has 0 radical (unpaired) electrons. The number of carboxylic acid groups (broad SMARTS) is 1. The summed E-state index contributed by atoms with van der Waals surface area (Å²) in [6.07, 6.45) is 0.0585. The minimum atomic E-state index is -1.86. The third-order valence-electron chi connectivity index (χ3n) is 4.57. The van der Waals surface area contributed by atoms with Gasteiger partial charge >= 0.3 is 170 Å². The normalized spacial score (nSPS) is 15.4. The average Bonchev–Trinajstić information content (AvgIpc) is 3.08. The number of aliphatic carboxylic acids is 1. The second-order valence-electron chi connectivity index (χ2n) is 6.67. The van der Waals surface area contributed by atoms with Crippen LogP contribution in [0.1, 0.15) is 18.4 Å². The number of nitrogens with zero attached hydrogens (tertiary/aromatic N) is 1. The van der Waals surface area contributed by atoms with E-state index in [2.05, 4.69) is 5.32 Å². The van der Waals surface area contributed by atoms with Crippen molar-refractivity contribution in [3.8, 4) is 0 Å². The van der Waals surface area contributed by atoms with E-state index in [0.29, 0.717) is 6.54 Å². The second-order valence-corrected chi connectivity index (χ2v) is 12.8. The van der Waals surface area contributed by atoms with Crippen molar-refractivity contribution in [1.29, 1.82) is 0 Å². The number of hydrogen-bond donors (Lipinski definition) is 2. The number of amides is 2. The Morgan fingerprint density at radius 2 is 1.89 bits per heavy atom. The summed E-state index contributed by atoms with van der Waals surface area (Å²) >= 11 is -1.86. The van der Waals surface area contributed by atoms with Crippen LogP contribution >= 0.6 is 19.8 Å². The molecule has 2 rings (SSSR count). The van der Waals surface area contributed by atoms with Crippen LogP contribution in [0.2, 0.25) is 0 Å². The summed E-state index contributed by atoms with van der Waals surface area (Å²) in [5.74, 6) is -3.02. The Labute approximate surface area is 170 Å². The van der Waals surface area contributed by atoms with E-state index < -0.39 is 60.5 Å². The molecular formula is C19H24FIN2O5. The van der Waals surface area contributed by atoms with Gasteiger partial charge in [-0.25, -0.2) is 0 Å². The predicted octanol–water partition coefficient (Wildman–Crippen LogP) is 1.60. The number of nitrogens with one attached hydrogen (secondary N) is 1. The number of halogens is 2. The molecule has 1 aliphatic rings. The van der Waals surface area contributed by atoms with E-state index >= 15 is 0 Å². The topological polar surface area (TPSA) is 104 Å². The number of para-hydroxylation sites is 1. The first kappa shape index (κ1) is 22.3. The number of hydrogen-bond acceptors (Lipinski definition) is 4. The Bertz CT molecular complexity index is 770. The monoisotopic (exact) mass is 506 g/mol. The van der Waals surface area contributed by atoms with Crippen LogP contribution in [-0.2, 0) is 25.6 Å². The molecule has 1 heterocycles. The summed E-state index contributed by atoms with van der Waals surface area (Å²) in [4.78, 5) is 53.6. The molecular weight excluding hydrogens is 482 g/mol. The molecule has 1 unspecified atom stereocenters. The van der Waals surface area contributed by atoms with Gasteiger partial charge in [-0.2, -0.15) is 0 Å². The van der Waals surface area contributed by atoms with E-state index in [-0.39, 0.29) is 12.3 Å². The molecule has 28 heavy (non-hydrogen) atoms. The Morgan fingerprint density at radius 1 is 1.21 bits per heavy atom. The number of ketones is 1. The van der Waals surface area contributed by atoms with Gasteiger partial charge in [-0.1, -0.05) is 0 Å². The SMILES string of the molecule is CI(C)[C@H](CC(=O)N1CCc2ccccc21)C(=O)NC(CC(=O)O)C(=O)CF. The van der Waals surface area contributed by atoms with Crippen molar-refractivity contribution in [2.24, 2.45) is 0 Å². The average molecular weight is 506 g/mol. The Morgan fingerprint density at radius 3 is 2.50 bits per heavy atom. The fourth-order valence-corrected chi connectivity index (χ4v) is 5.65. The number of carbonyl (C=O) groups is 4. The Balaban J connectivity index is 2.10. The van der Waals surface area contributed by atoms with Crippen molar-refractivity contribution >= 4 is 49.1 Å². The molecule has 0 saturated carbocycles. The van der Waals surface area contributed by atoms with Gasteiger partial charge in [0.05, 0.1) is 0 Å². The van der Waals surface area contributed by atoms with Gasteiger partial charge in [-0.05, 0) is 0 Å². The molecule has 1 aliphatic heterocycles. The Kier molecular flexibility index (Phi) is 7.90. The third kappa shape index (κ3) is 5.49. The molecule has 1 aromatic carbocycles. The van der Waals surface area contributed by atoms with Crippen molar-refractivity contribution in [3.05, 3.63) is 29.8 Å². The number of carboxylic acids is 1. The maximum absolute atomic E-state index is 12.8. The summed E-state index contributed by atoms with van der Waals surface area (Å²) in [7, 11) is 0. The molecule has 0 saturated heterocycles. The fraction of sp³-hybridized carbons (Fsp3) is 0.474. The summed E-state index contributed by atoms with van der Waals surface area (Å²) in [6, 6.07) is 6.17. The number of anilines is 1. The van der Waals surface area contributed by atoms with Crippen LogP contribution in [0.25, 0.3) is 0 Å². The molecule has 0 aliphatic carbocycles. The summed E-state index contributed by atoms with van der Waals surface area (Å²) < 4.78 is 12.1. The van der Waals surface area contributed by atoms with Crippen molar-refractivity contribution in [1.82, 2.24) is 5.32 Å². The first-order valence-corrected chi connectivity index (χ1v) is 14.3. The van der Waals surface area contributed by atoms with E-state index in [1.54, 1.807) is 4.90 Å². The predicted molar refractivity (Wildman–Crippen MR) is 112 cm³/mol. The molecule has 2 N–H and O–H groups in total. The van der Waals surface area contributed by atoms with Crippen LogP contribution in [0.3, 0.4) is 0 Å². The molecule has 154 valence electrons. The number of fused-ring (bicyclic) bond motifs is 1. The van der Waals surface area contributed by atoms with Crippen LogP contribution in [0, 0.1) is 0 Å². The van der Waals surface area contributed by atoms with Gasteiger partial charge in [0.1, 0.15) is 0 Å². The van der Waals surface area contributed by atoms with Crippen LogP contribution < -0.4 is 10.2 Å². The van der Waals surface area contributed by atoms with Gasteiger partial charge < -0.3 is 0 Å². The van der Waals surface area contributed by atoms with E-state index in [0.717, 1.165) is 17.7 Å². The van der Waals surface area contributed by atoms with Gasteiger partial charge in [0.15, 0.2) is 0 Å². The first-order valence-electron chi connectivity index (χ1n) is 8.72. The molecule has 1 aromatic rings. The number of benzene rings is 1. The molecule has 7 nitrogen and oxygen atoms in total. The molecule has 2 amide bonds. The first-order chi connectivity index (χ1) is 13.2. The second kappa shape index (κ2) is 9.94. The zero-order chi connectivity index (χ0) is 20.8. The molecule has 0 spiro atoms. The van der Waals surface area contributed by atoms with Crippen molar-refractivity contribution in [2.75, 3.05) is 28.0 Å². The van der Waals surface area contributed by atoms with Crippen molar-refractivity contribution in [2.45, 2.75) is 29.2 Å². The van der Waals surface area contributed by atoms with Crippen LogP contribution in [-0.4, -0.2) is 61.7 Å². The Hall–Kier alpha value is -2.04. The number of Topliss-reactive ketones (excluding diaryl/α,β-unsaturated/α-hetero) is 1. The number of rotatable bonds is 9. The van der Waals surface area contributed by atoms with Gasteiger partial charge in [0.2, 0.25) is 0 Å².